The van der Waals surface area contributed by atoms with E-state index in [9.17, 15) is 0 Å². The van der Waals surface area contributed by atoms with Crippen molar-refractivity contribution in [1.82, 2.24) is 9.97 Å². The molecule has 0 aliphatic heterocycles. The Labute approximate surface area is 116 Å². The molecule has 0 atom stereocenters. The molecule has 0 unspecified atom stereocenters. The predicted octanol–water partition coefficient (Wildman–Crippen LogP) is 2.91. The van der Waals surface area contributed by atoms with E-state index in [-0.39, 0.29) is 5.41 Å². The topological polar surface area (TPSA) is 75.9 Å². The zero-order valence-corrected chi connectivity index (χ0v) is 12.7. The highest BCUT2D eigenvalue weighted by molar-refractivity contribution is 5.47. The maximum Gasteiger partial charge on any atom is 0.145 e. The molecule has 0 spiro atoms. The summed E-state index contributed by atoms with van der Waals surface area (Å²) in [4.78, 5) is 8.98. The zero-order chi connectivity index (χ0) is 14.5. The summed E-state index contributed by atoms with van der Waals surface area (Å²) in [7, 11) is 0. The van der Waals surface area contributed by atoms with E-state index >= 15 is 0 Å². The van der Waals surface area contributed by atoms with Crippen LogP contribution in [0.4, 0.5) is 11.6 Å². The fraction of sp³-hybridized carbons (Fsp3) is 0.714. The lowest BCUT2D eigenvalue weighted by atomic mass is 9.96. The van der Waals surface area contributed by atoms with E-state index < -0.39 is 0 Å². The van der Waals surface area contributed by atoms with Gasteiger partial charge in [-0.3, -0.25) is 0 Å². The number of hydrogen-bond acceptors (Lipinski definition) is 5. The van der Waals surface area contributed by atoms with Gasteiger partial charge in [0.2, 0.25) is 0 Å². The summed E-state index contributed by atoms with van der Waals surface area (Å²) in [6, 6.07) is 1.84. The molecule has 19 heavy (non-hydrogen) atoms. The molecule has 0 bridgehead atoms. The third-order valence-corrected chi connectivity index (χ3v) is 3.27. The largest absolute Gasteiger partial charge is 0.370 e. The molecule has 0 amide bonds. The molecular formula is C14H27N5. The Hall–Kier alpha value is -1.36. The van der Waals surface area contributed by atoms with Gasteiger partial charge in [0.15, 0.2) is 0 Å². The highest BCUT2D eigenvalue weighted by Crippen LogP contribution is 2.22. The summed E-state index contributed by atoms with van der Waals surface area (Å²) in [6.07, 6.45) is 2.34. The molecule has 1 aromatic rings. The van der Waals surface area contributed by atoms with Gasteiger partial charge in [-0.15, -0.1) is 0 Å². The van der Waals surface area contributed by atoms with Crippen LogP contribution < -0.4 is 16.6 Å². The number of hydrazine groups is 1. The van der Waals surface area contributed by atoms with Crippen molar-refractivity contribution in [2.75, 3.05) is 17.3 Å². The van der Waals surface area contributed by atoms with E-state index in [1.165, 1.54) is 12.8 Å². The van der Waals surface area contributed by atoms with Gasteiger partial charge >= 0.3 is 0 Å². The van der Waals surface area contributed by atoms with Crippen LogP contribution in [0.3, 0.4) is 0 Å². The van der Waals surface area contributed by atoms with Crippen molar-refractivity contribution in [1.29, 1.82) is 0 Å². The normalized spacial score (nSPS) is 11.7. The van der Waals surface area contributed by atoms with E-state index in [0.29, 0.717) is 11.7 Å². The van der Waals surface area contributed by atoms with E-state index in [4.69, 9.17) is 5.84 Å². The van der Waals surface area contributed by atoms with Crippen LogP contribution in [0.2, 0.25) is 0 Å². The van der Waals surface area contributed by atoms with E-state index in [1.807, 2.05) is 6.07 Å². The smallest absolute Gasteiger partial charge is 0.145 e. The van der Waals surface area contributed by atoms with E-state index in [1.54, 1.807) is 0 Å². The van der Waals surface area contributed by atoms with Crippen LogP contribution in [-0.4, -0.2) is 16.5 Å². The minimum Gasteiger partial charge on any atom is -0.370 e. The lowest BCUT2D eigenvalue weighted by Crippen LogP contribution is -2.21. The zero-order valence-electron chi connectivity index (χ0n) is 12.7. The number of nitrogens with zero attached hydrogens (tertiary/aromatic N) is 2. The minimum atomic E-state index is -0.0990. The molecule has 0 fully saturated rings. The van der Waals surface area contributed by atoms with E-state index in [2.05, 4.69) is 55.3 Å². The molecule has 0 aliphatic rings. The molecule has 0 saturated carbocycles. The van der Waals surface area contributed by atoms with Gasteiger partial charge in [-0.05, 0) is 5.92 Å². The maximum atomic E-state index is 5.47. The van der Waals surface area contributed by atoms with Crippen LogP contribution in [-0.2, 0) is 5.41 Å². The molecule has 0 aromatic carbocycles. The highest BCUT2D eigenvalue weighted by atomic mass is 15.3. The van der Waals surface area contributed by atoms with Crippen molar-refractivity contribution in [2.24, 2.45) is 11.8 Å². The first-order chi connectivity index (χ1) is 8.90. The lowest BCUT2D eigenvalue weighted by Gasteiger charge is -2.20. The fourth-order valence-electron chi connectivity index (χ4n) is 1.77. The Kier molecular flexibility index (Phi) is 5.54. The molecule has 1 rings (SSSR count). The number of nitrogens with one attached hydrogen (secondary N) is 2. The van der Waals surface area contributed by atoms with Crippen LogP contribution in [0.5, 0.6) is 0 Å². The summed E-state index contributed by atoms with van der Waals surface area (Å²) in [5.41, 5.74) is 2.51. The van der Waals surface area contributed by atoms with Gasteiger partial charge in [0.05, 0.1) is 0 Å². The first-order valence-electron chi connectivity index (χ1n) is 7.00. The lowest BCUT2D eigenvalue weighted by molar-refractivity contribution is 0.516. The fourth-order valence-corrected chi connectivity index (χ4v) is 1.77. The number of hydrogen-bond donors (Lipinski definition) is 3. The first kappa shape index (κ1) is 15.7. The van der Waals surface area contributed by atoms with Gasteiger partial charge < -0.3 is 10.7 Å². The van der Waals surface area contributed by atoms with Crippen molar-refractivity contribution in [3.8, 4) is 0 Å². The Morgan fingerprint density at radius 3 is 2.21 bits per heavy atom. The van der Waals surface area contributed by atoms with Crippen LogP contribution in [0.15, 0.2) is 6.07 Å². The Morgan fingerprint density at radius 1 is 1.16 bits per heavy atom. The molecule has 1 heterocycles. The second-order valence-electron chi connectivity index (χ2n) is 5.92. The van der Waals surface area contributed by atoms with E-state index in [0.717, 1.165) is 18.2 Å². The van der Waals surface area contributed by atoms with Crippen LogP contribution >= 0.6 is 0 Å². The van der Waals surface area contributed by atoms with Gasteiger partial charge in [-0.25, -0.2) is 15.8 Å². The SMILES string of the molecule is CCC(CC)CNc1cc(NN)nc(C(C)(C)C)n1. The standard InChI is InChI=1S/C14H27N5/c1-6-10(7-2)9-16-11-8-12(19-15)18-13(17-11)14(3,4)5/h8,10H,6-7,9,15H2,1-5H3,(H2,16,17,18,19). The third-order valence-electron chi connectivity index (χ3n) is 3.27. The molecule has 5 heteroatoms. The van der Waals surface area contributed by atoms with Crippen molar-refractivity contribution in [3.05, 3.63) is 11.9 Å². The van der Waals surface area contributed by atoms with Gasteiger partial charge in [-0.2, -0.15) is 0 Å². The molecule has 4 N–H and O–H groups in total. The molecule has 0 aliphatic carbocycles. The predicted molar refractivity (Wildman–Crippen MR) is 81.1 cm³/mol. The average molecular weight is 265 g/mol. The molecular weight excluding hydrogens is 238 g/mol. The summed E-state index contributed by atoms with van der Waals surface area (Å²) >= 11 is 0. The van der Waals surface area contributed by atoms with Gasteiger partial charge in [0.1, 0.15) is 17.5 Å². The summed E-state index contributed by atoms with van der Waals surface area (Å²) in [5.74, 6) is 8.41. The minimum absolute atomic E-state index is 0.0990. The number of rotatable bonds is 6. The van der Waals surface area contributed by atoms with Gasteiger partial charge in [-0.1, -0.05) is 47.5 Å². The number of nitrogens with two attached hydrogens (primary N) is 1. The third kappa shape index (κ3) is 4.67. The van der Waals surface area contributed by atoms with Gasteiger partial charge in [0.25, 0.3) is 0 Å². The number of aromatic nitrogens is 2. The molecule has 0 radical (unpaired) electrons. The van der Waals surface area contributed by atoms with Crippen LogP contribution in [0.1, 0.15) is 53.3 Å². The second kappa shape index (κ2) is 6.70. The average Bonchev–Trinajstić information content (AvgIpc) is 2.38. The van der Waals surface area contributed by atoms with Crippen molar-refractivity contribution in [2.45, 2.75) is 52.9 Å². The van der Waals surface area contributed by atoms with Gasteiger partial charge in [0, 0.05) is 18.0 Å². The quantitative estimate of drug-likeness (QED) is 0.544. The van der Waals surface area contributed by atoms with Crippen molar-refractivity contribution >= 4 is 11.6 Å². The van der Waals surface area contributed by atoms with Crippen molar-refractivity contribution < 1.29 is 0 Å². The van der Waals surface area contributed by atoms with Crippen LogP contribution in [0, 0.1) is 5.92 Å². The Balaban J connectivity index is 2.88. The number of nitrogen functional groups attached to an aromatic ring is 1. The summed E-state index contributed by atoms with van der Waals surface area (Å²) < 4.78 is 0. The van der Waals surface area contributed by atoms with Crippen LogP contribution in [0.25, 0.3) is 0 Å². The molecule has 5 nitrogen and oxygen atoms in total. The molecule has 108 valence electrons. The second-order valence-corrected chi connectivity index (χ2v) is 5.92. The first-order valence-corrected chi connectivity index (χ1v) is 7.00. The number of anilines is 2. The molecule has 1 aromatic heterocycles. The van der Waals surface area contributed by atoms with Crippen molar-refractivity contribution in [3.63, 3.8) is 0 Å². The maximum absolute atomic E-state index is 5.47. The monoisotopic (exact) mass is 265 g/mol. The Morgan fingerprint density at radius 2 is 1.74 bits per heavy atom. The molecule has 0 saturated heterocycles. The summed E-state index contributed by atoms with van der Waals surface area (Å²) in [5, 5.41) is 3.39. The Bertz CT molecular complexity index is 393. The summed E-state index contributed by atoms with van der Waals surface area (Å²) in [6.45, 7) is 11.6. The highest BCUT2D eigenvalue weighted by Gasteiger charge is 2.19.